The van der Waals surface area contributed by atoms with Crippen molar-refractivity contribution in [3.8, 4) is 5.69 Å². The first-order valence-corrected chi connectivity index (χ1v) is 4.31. The average Bonchev–Trinajstić information content (AvgIpc) is 2.45. The summed E-state index contributed by atoms with van der Waals surface area (Å²) in [5, 5.41) is 2.77. The van der Waals surface area contributed by atoms with Crippen LogP contribution in [-0.2, 0) is 0 Å². The second kappa shape index (κ2) is 3.06. The van der Waals surface area contributed by atoms with Crippen LogP contribution >= 0.6 is 0 Å². The van der Waals surface area contributed by atoms with E-state index in [9.17, 15) is 4.79 Å². The minimum atomic E-state index is -0.145. The molecule has 1 heterocycles. The molecule has 0 atom stereocenters. The van der Waals surface area contributed by atoms with Gasteiger partial charge < -0.3 is 5.73 Å². The summed E-state index contributed by atoms with van der Waals surface area (Å²) in [7, 11) is 0. The van der Waals surface area contributed by atoms with E-state index >= 15 is 0 Å². The van der Waals surface area contributed by atoms with Gasteiger partial charge in [0.15, 0.2) is 0 Å². The van der Waals surface area contributed by atoms with E-state index in [0.717, 1.165) is 11.3 Å². The van der Waals surface area contributed by atoms with Crippen LogP contribution in [0.5, 0.6) is 0 Å². The standard InChI is InChI=1S/C10H11N3O/c1-7-3-2-4-8(5-7)13-10(14)6-9(11)12-13/h2-6,12H,11H2,1H3. The fraction of sp³-hybridized carbons (Fsp3) is 0.100. The van der Waals surface area contributed by atoms with Crippen LogP contribution in [0.3, 0.4) is 0 Å². The summed E-state index contributed by atoms with van der Waals surface area (Å²) >= 11 is 0. The molecule has 0 aliphatic rings. The van der Waals surface area contributed by atoms with E-state index in [1.807, 2.05) is 31.2 Å². The summed E-state index contributed by atoms with van der Waals surface area (Å²) in [5.74, 6) is 0.372. The minimum Gasteiger partial charge on any atom is -0.384 e. The molecule has 0 saturated heterocycles. The van der Waals surface area contributed by atoms with Gasteiger partial charge in [-0.05, 0) is 24.6 Å². The number of nitrogens with one attached hydrogen (secondary N) is 1. The van der Waals surface area contributed by atoms with Crippen molar-refractivity contribution in [2.75, 3.05) is 5.73 Å². The number of nitrogens with zero attached hydrogens (tertiary/aromatic N) is 1. The van der Waals surface area contributed by atoms with E-state index in [2.05, 4.69) is 5.10 Å². The van der Waals surface area contributed by atoms with Crippen molar-refractivity contribution in [2.24, 2.45) is 0 Å². The molecular formula is C10H11N3O. The summed E-state index contributed by atoms with van der Waals surface area (Å²) in [6, 6.07) is 9.00. The third-order valence-electron chi connectivity index (χ3n) is 2.00. The molecule has 0 aliphatic carbocycles. The summed E-state index contributed by atoms with van der Waals surface area (Å²) in [6.45, 7) is 1.97. The van der Waals surface area contributed by atoms with Crippen molar-refractivity contribution < 1.29 is 0 Å². The van der Waals surface area contributed by atoms with Crippen molar-refractivity contribution in [1.29, 1.82) is 0 Å². The Morgan fingerprint density at radius 2 is 2.14 bits per heavy atom. The van der Waals surface area contributed by atoms with Crippen molar-refractivity contribution in [3.63, 3.8) is 0 Å². The number of hydrogen-bond acceptors (Lipinski definition) is 2. The number of H-pyrrole nitrogens is 1. The maximum absolute atomic E-state index is 11.4. The predicted octanol–water partition coefficient (Wildman–Crippen LogP) is 1.06. The van der Waals surface area contributed by atoms with E-state index in [1.165, 1.54) is 10.7 Å². The zero-order valence-corrected chi connectivity index (χ0v) is 7.82. The number of hydrogen-bond donors (Lipinski definition) is 2. The van der Waals surface area contributed by atoms with Crippen LogP contribution in [-0.4, -0.2) is 9.78 Å². The number of aryl methyl sites for hydroxylation is 1. The number of benzene rings is 1. The number of aromatic nitrogens is 2. The van der Waals surface area contributed by atoms with Gasteiger partial charge in [-0.3, -0.25) is 9.89 Å². The van der Waals surface area contributed by atoms with Crippen LogP contribution in [0, 0.1) is 6.92 Å². The minimum absolute atomic E-state index is 0.145. The monoisotopic (exact) mass is 189 g/mol. The smallest absolute Gasteiger partial charge is 0.273 e. The SMILES string of the molecule is Cc1cccc(-n2[nH]c(N)cc2=O)c1. The summed E-state index contributed by atoms with van der Waals surface area (Å²) < 4.78 is 1.42. The van der Waals surface area contributed by atoms with Crippen LogP contribution in [0.15, 0.2) is 35.1 Å². The molecule has 4 heteroatoms. The van der Waals surface area contributed by atoms with Crippen molar-refractivity contribution in [3.05, 3.63) is 46.2 Å². The van der Waals surface area contributed by atoms with Gasteiger partial charge in [-0.1, -0.05) is 12.1 Å². The highest BCUT2D eigenvalue weighted by molar-refractivity contribution is 5.37. The number of aromatic amines is 1. The maximum Gasteiger partial charge on any atom is 0.273 e. The summed E-state index contributed by atoms with van der Waals surface area (Å²) in [6.07, 6.45) is 0. The van der Waals surface area contributed by atoms with E-state index in [1.54, 1.807) is 0 Å². The Morgan fingerprint density at radius 1 is 1.36 bits per heavy atom. The highest BCUT2D eigenvalue weighted by atomic mass is 16.1. The molecule has 14 heavy (non-hydrogen) atoms. The van der Waals surface area contributed by atoms with Gasteiger partial charge >= 0.3 is 0 Å². The topological polar surface area (TPSA) is 63.8 Å². The Bertz CT molecular complexity index is 510. The third-order valence-corrected chi connectivity index (χ3v) is 2.00. The lowest BCUT2D eigenvalue weighted by Crippen LogP contribution is -2.13. The van der Waals surface area contributed by atoms with Crippen LogP contribution in [0.4, 0.5) is 5.82 Å². The fourth-order valence-electron chi connectivity index (χ4n) is 1.37. The Labute approximate surface area is 81.0 Å². The van der Waals surface area contributed by atoms with Gasteiger partial charge in [0.05, 0.1) is 5.69 Å². The Hall–Kier alpha value is -1.97. The molecule has 0 radical (unpaired) electrons. The Kier molecular flexibility index (Phi) is 1.89. The van der Waals surface area contributed by atoms with Crippen molar-refractivity contribution >= 4 is 5.82 Å². The molecule has 0 aliphatic heterocycles. The molecule has 2 rings (SSSR count). The number of anilines is 1. The largest absolute Gasteiger partial charge is 0.384 e. The molecular weight excluding hydrogens is 178 g/mol. The fourth-order valence-corrected chi connectivity index (χ4v) is 1.37. The summed E-state index contributed by atoms with van der Waals surface area (Å²) in [5.41, 5.74) is 7.23. The molecule has 0 fully saturated rings. The molecule has 72 valence electrons. The molecule has 1 aromatic carbocycles. The van der Waals surface area contributed by atoms with Gasteiger partial charge in [-0.25, -0.2) is 4.68 Å². The maximum atomic E-state index is 11.4. The number of rotatable bonds is 1. The Morgan fingerprint density at radius 3 is 2.71 bits per heavy atom. The normalized spacial score (nSPS) is 10.4. The van der Waals surface area contributed by atoms with Crippen molar-refractivity contribution in [1.82, 2.24) is 9.78 Å². The number of nitrogen functional groups attached to an aromatic ring is 1. The van der Waals surface area contributed by atoms with Crippen LogP contribution < -0.4 is 11.3 Å². The molecule has 0 saturated carbocycles. The van der Waals surface area contributed by atoms with Gasteiger partial charge in [0.25, 0.3) is 5.56 Å². The van der Waals surface area contributed by atoms with Crippen LogP contribution in [0.25, 0.3) is 5.69 Å². The molecule has 4 nitrogen and oxygen atoms in total. The lowest BCUT2D eigenvalue weighted by Gasteiger charge is -2.01. The molecule has 0 bridgehead atoms. The quantitative estimate of drug-likeness (QED) is 0.704. The molecule has 0 spiro atoms. The second-order valence-electron chi connectivity index (χ2n) is 3.22. The van der Waals surface area contributed by atoms with Gasteiger partial charge in [-0.15, -0.1) is 0 Å². The van der Waals surface area contributed by atoms with Crippen LogP contribution in [0.2, 0.25) is 0 Å². The average molecular weight is 189 g/mol. The Balaban J connectivity index is 2.60. The van der Waals surface area contributed by atoms with Crippen LogP contribution in [0.1, 0.15) is 5.56 Å². The van der Waals surface area contributed by atoms with Gasteiger partial charge in [0.2, 0.25) is 0 Å². The third kappa shape index (κ3) is 1.42. The lowest BCUT2D eigenvalue weighted by atomic mass is 10.2. The zero-order chi connectivity index (χ0) is 10.1. The van der Waals surface area contributed by atoms with E-state index < -0.39 is 0 Å². The first-order chi connectivity index (χ1) is 6.66. The predicted molar refractivity (Wildman–Crippen MR) is 55.5 cm³/mol. The number of nitrogens with two attached hydrogens (primary N) is 1. The van der Waals surface area contributed by atoms with Gasteiger partial charge in [0, 0.05) is 6.07 Å². The molecule has 2 aromatic rings. The molecule has 1 aromatic heterocycles. The molecule has 0 unspecified atom stereocenters. The summed E-state index contributed by atoms with van der Waals surface area (Å²) in [4.78, 5) is 11.4. The van der Waals surface area contributed by atoms with E-state index in [-0.39, 0.29) is 5.56 Å². The second-order valence-corrected chi connectivity index (χ2v) is 3.22. The molecule has 3 N–H and O–H groups in total. The molecule has 0 amide bonds. The van der Waals surface area contributed by atoms with Gasteiger partial charge in [0.1, 0.15) is 5.82 Å². The lowest BCUT2D eigenvalue weighted by molar-refractivity contribution is 0.853. The zero-order valence-electron chi connectivity index (χ0n) is 7.82. The first-order valence-electron chi connectivity index (χ1n) is 4.31. The van der Waals surface area contributed by atoms with Gasteiger partial charge in [-0.2, -0.15) is 0 Å². The van der Waals surface area contributed by atoms with E-state index in [4.69, 9.17) is 5.73 Å². The van der Waals surface area contributed by atoms with E-state index in [0.29, 0.717) is 5.82 Å². The van der Waals surface area contributed by atoms with Crippen molar-refractivity contribution in [2.45, 2.75) is 6.92 Å². The first kappa shape index (κ1) is 8.62. The highest BCUT2D eigenvalue weighted by Crippen LogP contribution is 2.07. The highest BCUT2D eigenvalue weighted by Gasteiger charge is 2.01.